The number of aliphatic hydroxyl groups excluding tert-OH is 1. The van der Waals surface area contributed by atoms with E-state index in [0.717, 1.165) is 5.56 Å². The van der Waals surface area contributed by atoms with E-state index in [1.165, 1.54) is 10.9 Å². The highest BCUT2D eigenvalue weighted by Gasteiger charge is 2.18. The second-order valence-electron chi connectivity index (χ2n) is 6.07. The van der Waals surface area contributed by atoms with Crippen molar-refractivity contribution in [3.05, 3.63) is 71.8 Å². The van der Waals surface area contributed by atoms with Crippen LogP contribution in [-0.2, 0) is 6.54 Å². The van der Waals surface area contributed by atoms with Crippen molar-refractivity contribution in [3.8, 4) is 5.75 Å². The van der Waals surface area contributed by atoms with Gasteiger partial charge in [0.1, 0.15) is 11.9 Å². The molecule has 0 aliphatic carbocycles. The molecule has 2 atom stereocenters. The number of hydrogen-bond acceptors (Lipinski definition) is 6. The first-order chi connectivity index (χ1) is 13.1. The van der Waals surface area contributed by atoms with Crippen LogP contribution in [0.1, 0.15) is 40.7 Å². The number of para-hydroxylation sites is 1. The van der Waals surface area contributed by atoms with Gasteiger partial charge in [0.2, 0.25) is 0 Å². The van der Waals surface area contributed by atoms with Crippen molar-refractivity contribution in [1.29, 1.82) is 0 Å². The lowest BCUT2D eigenvalue weighted by molar-refractivity contribution is 0.0934. The Kier molecular flexibility index (Phi) is 5.77. The van der Waals surface area contributed by atoms with Crippen molar-refractivity contribution < 1.29 is 14.6 Å². The first-order valence-corrected chi connectivity index (χ1v) is 8.50. The Morgan fingerprint density at radius 2 is 2.11 bits per heavy atom. The molecule has 1 aromatic carbocycles. The van der Waals surface area contributed by atoms with E-state index < -0.39 is 6.10 Å². The minimum atomic E-state index is -0.840. The van der Waals surface area contributed by atoms with Gasteiger partial charge in [-0.25, -0.2) is 4.68 Å². The summed E-state index contributed by atoms with van der Waals surface area (Å²) < 4.78 is 6.69. The summed E-state index contributed by atoms with van der Waals surface area (Å²) in [5, 5.41) is 21.1. The van der Waals surface area contributed by atoms with Crippen molar-refractivity contribution in [2.75, 3.05) is 7.11 Å². The van der Waals surface area contributed by atoms with E-state index >= 15 is 0 Å². The number of carbonyl (C=O) groups is 1. The van der Waals surface area contributed by atoms with Crippen molar-refractivity contribution in [2.24, 2.45) is 0 Å². The molecule has 0 radical (unpaired) electrons. The lowest BCUT2D eigenvalue weighted by Crippen LogP contribution is -2.27. The molecule has 0 unspecified atom stereocenters. The van der Waals surface area contributed by atoms with E-state index in [1.54, 1.807) is 31.6 Å². The Labute approximate surface area is 156 Å². The lowest BCUT2D eigenvalue weighted by Gasteiger charge is -2.14. The molecule has 27 heavy (non-hydrogen) atoms. The summed E-state index contributed by atoms with van der Waals surface area (Å²) in [6.07, 6.45) is 4.04. The summed E-state index contributed by atoms with van der Waals surface area (Å²) in [7, 11) is 1.55. The monoisotopic (exact) mass is 367 g/mol. The third kappa shape index (κ3) is 4.48. The topological polar surface area (TPSA) is 102 Å². The summed E-state index contributed by atoms with van der Waals surface area (Å²) in [4.78, 5) is 16.4. The average molecular weight is 367 g/mol. The molecule has 2 N–H and O–H groups in total. The Balaban J connectivity index is 1.65. The van der Waals surface area contributed by atoms with E-state index in [4.69, 9.17) is 4.74 Å². The lowest BCUT2D eigenvalue weighted by atomic mass is 10.1. The smallest absolute Gasteiger partial charge is 0.273 e. The Bertz CT molecular complexity index is 897. The number of carbonyl (C=O) groups excluding carboxylic acids is 1. The van der Waals surface area contributed by atoms with E-state index in [1.807, 2.05) is 31.2 Å². The number of amides is 1. The van der Waals surface area contributed by atoms with E-state index in [0.29, 0.717) is 11.3 Å². The molecule has 0 spiro atoms. The maximum Gasteiger partial charge on any atom is 0.273 e. The molecule has 0 bridgehead atoms. The zero-order chi connectivity index (χ0) is 19.2. The minimum absolute atomic E-state index is 0.152. The van der Waals surface area contributed by atoms with Crippen LogP contribution in [-0.4, -0.2) is 38.1 Å². The quantitative estimate of drug-likeness (QED) is 0.661. The summed E-state index contributed by atoms with van der Waals surface area (Å²) >= 11 is 0. The van der Waals surface area contributed by atoms with Gasteiger partial charge < -0.3 is 15.2 Å². The van der Waals surface area contributed by atoms with Crippen LogP contribution in [0.15, 0.2) is 55.0 Å². The number of nitrogens with one attached hydrogen (secondary N) is 1. The van der Waals surface area contributed by atoms with Crippen LogP contribution in [0.3, 0.4) is 0 Å². The molecule has 0 saturated carbocycles. The number of methoxy groups -OCH3 is 1. The van der Waals surface area contributed by atoms with Crippen LogP contribution in [0, 0.1) is 0 Å². The molecule has 1 amide bonds. The second-order valence-corrected chi connectivity index (χ2v) is 6.07. The van der Waals surface area contributed by atoms with Crippen LogP contribution in [0.25, 0.3) is 0 Å². The number of hydrogen-bond donors (Lipinski definition) is 2. The van der Waals surface area contributed by atoms with Crippen molar-refractivity contribution in [3.63, 3.8) is 0 Å². The van der Waals surface area contributed by atoms with Gasteiger partial charge >= 0.3 is 0 Å². The SMILES string of the molecule is COc1ccccc1[C@H](O)Cn1cc(C(=O)N[C@@H](C)c2cccnc2)nn1. The number of pyridine rings is 1. The Hall–Kier alpha value is -3.26. The molecule has 3 rings (SSSR count). The molecule has 0 aliphatic rings. The number of aromatic nitrogens is 4. The van der Waals surface area contributed by atoms with Crippen LogP contribution >= 0.6 is 0 Å². The molecule has 8 nitrogen and oxygen atoms in total. The molecule has 2 heterocycles. The normalized spacial score (nSPS) is 13.0. The molecular formula is C19H21N5O3. The highest BCUT2D eigenvalue weighted by atomic mass is 16.5. The minimum Gasteiger partial charge on any atom is -0.496 e. The zero-order valence-electron chi connectivity index (χ0n) is 15.1. The standard InChI is InChI=1S/C19H21N5O3/c1-13(14-6-5-9-20-10-14)21-19(26)16-11-24(23-22-16)12-17(25)15-7-3-4-8-18(15)27-2/h3-11,13,17,25H,12H2,1-2H3,(H,21,26)/t13-,17+/m0/s1. The first-order valence-electron chi connectivity index (χ1n) is 8.50. The fourth-order valence-corrected chi connectivity index (χ4v) is 2.69. The Morgan fingerprint density at radius 1 is 1.30 bits per heavy atom. The highest BCUT2D eigenvalue weighted by molar-refractivity contribution is 5.92. The van der Waals surface area contributed by atoms with Crippen LogP contribution in [0.5, 0.6) is 5.75 Å². The molecule has 140 valence electrons. The molecule has 0 fully saturated rings. The number of rotatable bonds is 7. The van der Waals surface area contributed by atoms with Gasteiger partial charge in [0.15, 0.2) is 5.69 Å². The summed E-state index contributed by atoms with van der Waals surface area (Å²) in [5.74, 6) is 0.248. The van der Waals surface area contributed by atoms with Crippen LogP contribution in [0.2, 0.25) is 0 Å². The predicted octanol–water partition coefficient (Wildman–Crippen LogP) is 1.91. The van der Waals surface area contributed by atoms with E-state index in [-0.39, 0.29) is 24.2 Å². The van der Waals surface area contributed by atoms with E-state index in [2.05, 4.69) is 20.6 Å². The van der Waals surface area contributed by atoms with Gasteiger partial charge in [-0.1, -0.05) is 29.5 Å². The molecule has 0 saturated heterocycles. The number of nitrogens with zero attached hydrogens (tertiary/aromatic N) is 4. The maximum absolute atomic E-state index is 12.4. The van der Waals surface area contributed by atoms with E-state index in [9.17, 15) is 9.90 Å². The third-order valence-corrected chi connectivity index (χ3v) is 4.16. The molecule has 8 heteroatoms. The average Bonchev–Trinajstić information content (AvgIpc) is 3.17. The number of benzene rings is 1. The number of aliphatic hydroxyl groups is 1. The maximum atomic E-state index is 12.4. The van der Waals surface area contributed by atoms with Gasteiger partial charge in [-0.3, -0.25) is 9.78 Å². The van der Waals surface area contributed by atoms with Crippen molar-refractivity contribution in [2.45, 2.75) is 25.6 Å². The van der Waals surface area contributed by atoms with Gasteiger partial charge in [0.25, 0.3) is 5.91 Å². The predicted molar refractivity (Wildman–Crippen MR) is 98.1 cm³/mol. The number of ether oxygens (including phenoxy) is 1. The second kappa shape index (κ2) is 8.41. The fraction of sp³-hybridized carbons (Fsp3) is 0.263. The van der Waals surface area contributed by atoms with Crippen molar-refractivity contribution in [1.82, 2.24) is 25.3 Å². The largest absolute Gasteiger partial charge is 0.496 e. The molecule has 0 aliphatic heterocycles. The fourth-order valence-electron chi connectivity index (χ4n) is 2.69. The van der Waals surface area contributed by atoms with Gasteiger partial charge in [-0.15, -0.1) is 5.10 Å². The van der Waals surface area contributed by atoms with Gasteiger partial charge in [-0.2, -0.15) is 0 Å². The molecular weight excluding hydrogens is 346 g/mol. The molecule has 3 aromatic rings. The van der Waals surface area contributed by atoms with Gasteiger partial charge in [0, 0.05) is 18.0 Å². The zero-order valence-corrected chi connectivity index (χ0v) is 15.1. The van der Waals surface area contributed by atoms with Gasteiger partial charge in [-0.05, 0) is 24.6 Å². The van der Waals surface area contributed by atoms with Gasteiger partial charge in [0.05, 0.1) is 25.9 Å². The summed E-state index contributed by atoms with van der Waals surface area (Å²) in [6.45, 7) is 2.02. The Morgan fingerprint density at radius 3 is 2.85 bits per heavy atom. The summed E-state index contributed by atoms with van der Waals surface area (Å²) in [6, 6.07) is 10.7. The highest BCUT2D eigenvalue weighted by Crippen LogP contribution is 2.25. The van der Waals surface area contributed by atoms with Crippen LogP contribution in [0.4, 0.5) is 0 Å². The molecule has 2 aromatic heterocycles. The van der Waals surface area contributed by atoms with Crippen LogP contribution < -0.4 is 10.1 Å². The van der Waals surface area contributed by atoms with Crippen molar-refractivity contribution >= 4 is 5.91 Å². The third-order valence-electron chi connectivity index (χ3n) is 4.16. The first kappa shape index (κ1) is 18.5. The summed E-state index contributed by atoms with van der Waals surface area (Å²) in [5.41, 5.74) is 1.72.